The summed E-state index contributed by atoms with van der Waals surface area (Å²) in [5.41, 5.74) is 2.92. The molecule has 0 saturated heterocycles. The molecule has 0 aliphatic carbocycles. The van der Waals surface area contributed by atoms with Gasteiger partial charge in [-0.05, 0) is 25.1 Å². The predicted molar refractivity (Wildman–Crippen MR) is 91.6 cm³/mol. The number of nitrogens with two attached hydrogens (primary N) is 1. The highest BCUT2D eigenvalue weighted by Gasteiger charge is 2.13. The van der Waals surface area contributed by atoms with Crippen LogP contribution in [0.2, 0.25) is 0 Å². The zero-order chi connectivity index (χ0) is 18.0. The SMILES string of the molecule is COc1ccnc(CSc2nc3cc(OC(F)F)ccc3n2N)c1C. The van der Waals surface area contributed by atoms with Crippen LogP contribution in [0.1, 0.15) is 11.3 Å². The van der Waals surface area contributed by atoms with Crippen LogP contribution in [0, 0.1) is 6.92 Å². The van der Waals surface area contributed by atoms with E-state index in [-0.39, 0.29) is 5.75 Å². The number of halogens is 2. The van der Waals surface area contributed by atoms with E-state index in [0.717, 1.165) is 17.0 Å². The van der Waals surface area contributed by atoms with Crippen molar-refractivity contribution >= 4 is 22.8 Å². The zero-order valence-electron chi connectivity index (χ0n) is 13.6. The fraction of sp³-hybridized carbons (Fsp3) is 0.250. The third-order valence-electron chi connectivity index (χ3n) is 3.67. The molecular weight excluding hydrogens is 350 g/mol. The number of rotatable bonds is 6. The number of benzene rings is 1. The van der Waals surface area contributed by atoms with Crippen LogP contribution >= 0.6 is 11.8 Å². The molecule has 0 atom stereocenters. The lowest BCUT2D eigenvalue weighted by atomic mass is 10.2. The number of nitrogen functional groups attached to an aromatic ring is 1. The topological polar surface area (TPSA) is 75.2 Å². The monoisotopic (exact) mass is 366 g/mol. The van der Waals surface area contributed by atoms with Crippen molar-refractivity contribution in [3.8, 4) is 11.5 Å². The van der Waals surface area contributed by atoms with E-state index in [9.17, 15) is 8.78 Å². The van der Waals surface area contributed by atoms with E-state index in [0.29, 0.717) is 21.9 Å². The number of methoxy groups -OCH3 is 1. The summed E-state index contributed by atoms with van der Waals surface area (Å²) < 4.78 is 35.7. The first-order valence-corrected chi connectivity index (χ1v) is 8.32. The van der Waals surface area contributed by atoms with E-state index in [4.69, 9.17) is 10.6 Å². The maximum absolute atomic E-state index is 12.3. The van der Waals surface area contributed by atoms with E-state index in [1.807, 2.05) is 6.92 Å². The van der Waals surface area contributed by atoms with Gasteiger partial charge >= 0.3 is 6.61 Å². The molecular formula is C16H16F2N4O2S. The number of hydrogen-bond donors (Lipinski definition) is 1. The number of ether oxygens (including phenoxy) is 2. The molecule has 132 valence electrons. The fourth-order valence-corrected chi connectivity index (χ4v) is 3.35. The lowest BCUT2D eigenvalue weighted by molar-refractivity contribution is -0.0497. The maximum atomic E-state index is 12.3. The Bertz CT molecular complexity index is 901. The molecule has 0 fully saturated rings. The van der Waals surface area contributed by atoms with E-state index < -0.39 is 6.61 Å². The summed E-state index contributed by atoms with van der Waals surface area (Å²) in [6.07, 6.45) is 1.68. The number of fused-ring (bicyclic) bond motifs is 1. The molecule has 3 rings (SSSR count). The van der Waals surface area contributed by atoms with Gasteiger partial charge in [-0.25, -0.2) is 9.66 Å². The van der Waals surface area contributed by atoms with Gasteiger partial charge in [0.05, 0.1) is 23.8 Å². The highest BCUT2D eigenvalue weighted by Crippen LogP contribution is 2.29. The Morgan fingerprint density at radius 1 is 1.32 bits per heavy atom. The van der Waals surface area contributed by atoms with Crippen molar-refractivity contribution in [2.24, 2.45) is 0 Å². The minimum atomic E-state index is -2.88. The molecule has 2 heterocycles. The van der Waals surface area contributed by atoms with E-state index in [1.165, 1.54) is 28.6 Å². The van der Waals surface area contributed by atoms with Crippen molar-refractivity contribution in [2.75, 3.05) is 13.0 Å². The number of nitrogens with zero attached hydrogens (tertiary/aromatic N) is 3. The van der Waals surface area contributed by atoms with Gasteiger partial charge in [-0.1, -0.05) is 11.8 Å². The third kappa shape index (κ3) is 3.60. The molecule has 0 amide bonds. The normalized spacial score (nSPS) is 11.2. The number of alkyl halides is 2. The summed E-state index contributed by atoms with van der Waals surface area (Å²) >= 11 is 1.40. The maximum Gasteiger partial charge on any atom is 0.387 e. The van der Waals surface area contributed by atoms with Crippen molar-refractivity contribution in [1.29, 1.82) is 0 Å². The zero-order valence-corrected chi connectivity index (χ0v) is 14.4. The second kappa shape index (κ2) is 7.14. The summed E-state index contributed by atoms with van der Waals surface area (Å²) in [6.45, 7) is -0.949. The van der Waals surface area contributed by atoms with E-state index in [1.54, 1.807) is 25.4 Å². The Balaban J connectivity index is 1.83. The highest BCUT2D eigenvalue weighted by atomic mass is 32.2. The predicted octanol–water partition coefficient (Wildman–Crippen LogP) is 3.36. The quantitative estimate of drug-likeness (QED) is 0.533. The number of hydrogen-bond acceptors (Lipinski definition) is 6. The number of imidazole rings is 1. The van der Waals surface area contributed by atoms with Crippen LogP contribution in [-0.4, -0.2) is 28.4 Å². The van der Waals surface area contributed by atoms with Crippen molar-refractivity contribution in [3.05, 3.63) is 41.7 Å². The number of pyridine rings is 1. The molecule has 0 aliphatic heterocycles. The van der Waals surface area contributed by atoms with Crippen molar-refractivity contribution < 1.29 is 18.3 Å². The standard InChI is InChI=1S/C16H16F2N4O2S/c1-9-12(20-6-5-14(9)23-2)8-25-16-21-11-7-10(24-15(17)18)3-4-13(11)22(16)19/h3-7,15H,8,19H2,1-2H3. The van der Waals surface area contributed by atoms with Crippen LogP contribution < -0.4 is 15.3 Å². The average molecular weight is 366 g/mol. The largest absolute Gasteiger partial charge is 0.496 e. The minimum Gasteiger partial charge on any atom is -0.496 e. The third-order valence-corrected chi connectivity index (χ3v) is 4.63. The van der Waals surface area contributed by atoms with Crippen molar-refractivity contribution in [3.63, 3.8) is 0 Å². The highest BCUT2D eigenvalue weighted by molar-refractivity contribution is 7.98. The second-order valence-corrected chi connectivity index (χ2v) is 6.11. The van der Waals surface area contributed by atoms with Crippen molar-refractivity contribution in [2.45, 2.75) is 24.4 Å². The Hall–Kier alpha value is -2.55. The first kappa shape index (κ1) is 17.3. The molecule has 9 heteroatoms. The molecule has 2 N–H and O–H groups in total. The molecule has 0 unspecified atom stereocenters. The number of thioether (sulfide) groups is 1. The second-order valence-electron chi connectivity index (χ2n) is 5.17. The molecule has 25 heavy (non-hydrogen) atoms. The lowest BCUT2D eigenvalue weighted by Crippen LogP contribution is -2.09. The van der Waals surface area contributed by atoms with Gasteiger partial charge in [-0.2, -0.15) is 8.78 Å². The Labute approximate surface area is 146 Å². The van der Waals surface area contributed by atoms with Crippen LogP contribution in [0.15, 0.2) is 35.6 Å². The van der Waals surface area contributed by atoms with Gasteiger partial charge in [0.25, 0.3) is 0 Å². The van der Waals surface area contributed by atoms with Gasteiger partial charge in [-0.3, -0.25) is 4.98 Å². The van der Waals surface area contributed by atoms with Gasteiger partial charge in [0.2, 0.25) is 0 Å². The van der Waals surface area contributed by atoms with Gasteiger partial charge in [0.15, 0.2) is 5.16 Å². The van der Waals surface area contributed by atoms with Gasteiger partial charge in [0, 0.05) is 23.6 Å². The van der Waals surface area contributed by atoms with Crippen LogP contribution in [0.5, 0.6) is 11.5 Å². The van der Waals surface area contributed by atoms with Gasteiger partial charge in [-0.15, -0.1) is 0 Å². The van der Waals surface area contributed by atoms with E-state index >= 15 is 0 Å². The van der Waals surface area contributed by atoms with E-state index in [2.05, 4.69) is 14.7 Å². The molecule has 0 aliphatic rings. The minimum absolute atomic E-state index is 0.0439. The Morgan fingerprint density at radius 2 is 2.12 bits per heavy atom. The smallest absolute Gasteiger partial charge is 0.387 e. The average Bonchev–Trinajstić information content (AvgIpc) is 2.89. The van der Waals surface area contributed by atoms with Crippen LogP contribution in [-0.2, 0) is 5.75 Å². The molecule has 3 aromatic rings. The molecule has 0 bridgehead atoms. The summed E-state index contributed by atoms with van der Waals surface area (Å²) in [4.78, 5) is 8.73. The number of aromatic nitrogens is 3. The molecule has 0 saturated carbocycles. The Morgan fingerprint density at radius 3 is 2.84 bits per heavy atom. The van der Waals surface area contributed by atoms with Crippen LogP contribution in [0.25, 0.3) is 11.0 Å². The van der Waals surface area contributed by atoms with Crippen LogP contribution in [0.4, 0.5) is 8.78 Å². The summed E-state index contributed by atoms with van der Waals surface area (Å²) in [5.74, 6) is 7.40. The first-order chi connectivity index (χ1) is 12.0. The molecule has 0 radical (unpaired) electrons. The summed E-state index contributed by atoms with van der Waals surface area (Å²) in [7, 11) is 1.61. The van der Waals surface area contributed by atoms with Gasteiger partial charge < -0.3 is 15.3 Å². The molecule has 0 spiro atoms. The van der Waals surface area contributed by atoms with Crippen LogP contribution in [0.3, 0.4) is 0 Å². The summed E-state index contributed by atoms with van der Waals surface area (Å²) in [6, 6.07) is 6.26. The molecule has 1 aromatic carbocycles. The fourth-order valence-electron chi connectivity index (χ4n) is 2.39. The van der Waals surface area contributed by atoms with Gasteiger partial charge in [0.1, 0.15) is 11.5 Å². The summed E-state index contributed by atoms with van der Waals surface area (Å²) in [5, 5.41) is 0.549. The molecule has 6 nitrogen and oxygen atoms in total. The first-order valence-electron chi connectivity index (χ1n) is 7.33. The lowest BCUT2D eigenvalue weighted by Gasteiger charge is -2.08. The van der Waals surface area contributed by atoms with Crippen molar-refractivity contribution in [1.82, 2.24) is 14.6 Å². The Kier molecular flexibility index (Phi) is 4.93. The molecule has 2 aromatic heterocycles.